The zero-order valence-electron chi connectivity index (χ0n) is 16.0. The number of hydrogen-bond acceptors (Lipinski definition) is 6. The second kappa shape index (κ2) is 6.78. The third kappa shape index (κ3) is 3.26. The van der Waals surface area contributed by atoms with Gasteiger partial charge >= 0.3 is 0 Å². The van der Waals surface area contributed by atoms with E-state index in [-0.39, 0.29) is 12.5 Å². The molecule has 8 heteroatoms. The van der Waals surface area contributed by atoms with Crippen molar-refractivity contribution in [1.82, 2.24) is 24.8 Å². The van der Waals surface area contributed by atoms with Gasteiger partial charge in [-0.3, -0.25) is 4.79 Å². The average molecular weight is 357 g/mol. The number of ether oxygens (including phenoxy) is 1. The number of likely N-dealkylation sites (N-methyl/N-ethyl adjacent to an activating group) is 1. The van der Waals surface area contributed by atoms with Crippen molar-refractivity contribution < 1.29 is 14.1 Å². The second-order valence-electron chi connectivity index (χ2n) is 6.55. The highest BCUT2D eigenvalue weighted by Crippen LogP contribution is 2.27. The second-order valence-corrected chi connectivity index (χ2v) is 6.55. The highest BCUT2D eigenvalue weighted by atomic mass is 16.5. The summed E-state index contributed by atoms with van der Waals surface area (Å²) < 4.78 is 12.5. The van der Waals surface area contributed by atoms with Crippen LogP contribution in [0.5, 0.6) is 5.88 Å². The van der Waals surface area contributed by atoms with Crippen LogP contribution in [-0.2, 0) is 18.4 Å². The van der Waals surface area contributed by atoms with E-state index in [9.17, 15) is 4.79 Å². The number of pyridine rings is 1. The van der Waals surface area contributed by atoms with Crippen molar-refractivity contribution in [3.05, 3.63) is 34.3 Å². The van der Waals surface area contributed by atoms with Gasteiger partial charge in [0, 0.05) is 25.4 Å². The maximum Gasteiger partial charge on any atom is 0.260 e. The Balaban J connectivity index is 1.73. The zero-order chi connectivity index (χ0) is 19.0. The van der Waals surface area contributed by atoms with Crippen LogP contribution in [0.4, 0.5) is 0 Å². The number of fused-ring (bicyclic) bond motifs is 1. The topological polar surface area (TPSA) is 86.3 Å². The monoisotopic (exact) mass is 357 g/mol. The summed E-state index contributed by atoms with van der Waals surface area (Å²) in [4.78, 5) is 18.5. The number of hydrogen-bond donors (Lipinski definition) is 0. The highest BCUT2D eigenvalue weighted by molar-refractivity contribution is 5.85. The van der Waals surface area contributed by atoms with Crippen LogP contribution in [0.15, 0.2) is 10.6 Å². The molecule has 0 bridgehead atoms. The Morgan fingerprint density at radius 2 is 2.04 bits per heavy atom. The molecular weight excluding hydrogens is 334 g/mol. The average Bonchev–Trinajstić information content (AvgIpc) is 3.06. The first-order valence-electron chi connectivity index (χ1n) is 8.37. The van der Waals surface area contributed by atoms with Crippen LogP contribution >= 0.6 is 0 Å². The number of nitrogens with zero attached hydrogens (tertiary/aromatic N) is 5. The van der Waals surface area contributed by atoms with E-state index in [1.54, 1.807) is 16.6 Å². The summed E-state index contributed by atoms with van der Waals surface area (Å²) in [5, 5.41) is 9.11. The fourth-order valence-electron chi connectivity index (χ4n) is 2.94. The Hall–Kier alpha value is -2.90. The summed E-state index contributed by atoms with van der Waals surface area (Å²) in [6, 6.07) is 1.97. The Labute approximate surface area is 151 Å². The van der Waals surface area contributed by atoms with Crippen LogP contribution in [0, 0.1) is 27.7 Å². The van der Waals surface area contributed by atoms with Crippen LogP contribution < -0.4 is 4.74 Å². The van der Waals surface area contributed by atoms with Crippen LogP contribution in [0.2, 0.25) is 0 Å². The molecular formula is C18H23N5O3. The van der Waals surface area contributed by atoms with Gasteiger partial charge in [0.1, 0.15) is 5.76 Å². The summed E-state index contributed by atoms with van der Waals surface area (Å²) in [5.74, 6) is 0.990. The summed E-state index contributed by atoms with van der Waals surface area (Å²) in [6.07, 6.45) is 0. The molecule has 0 atom stereocenters. The Bertz CT molecular complexity index is 954. The Morgan fingerprint density at radius 1 is 1.31 bits per heavy atom. The van der Waals surface area contributed by atoms with Gasteiger partial charge in [-0.2, -0.15) is 0 Å². The first kappa shape index (κ1) is 17.9. The molecule has 26 heavy (non-hydrogen) atoms. The predicted octanol–water partition coefficient (Wildman–Crippen LogP) is 2.23. The largest absolute Gasteiger partial charge is 0.466 e. The third-order valence-corrected chi connectivity index (χ3v) is 4.42. The van der Waals surface area contributed by atoms with Crippen LogP contribution in [0.3, 0.4) is 0 Å². The lowest BCUT2D eigenvalue weighted by Crippen LogP contribution is -2.31. The van der Waals surface area contributed by atoms with E-state index < -0.39 is 0 Å². The van der Waals surface area contributed by atoms with Gasteiger partial charge in [-0.15, -0.1) is 5.10 Å². The number of rotatable bonds is 5. The molecule has 0 aromatic carbocycles. The molecule has 138 valence electrons. The smallest absolute Gasteiger partial charge is 0.260 e. The van der Waals surface area contributed by atoms with E-state index >= 15 is 0 Å². The fourth-order valence-corrected chi connectivity index (χ4v) is 2.94. The first-order chi connectivity index (χ1) is 12.3. The molecule has 0 spiro atoms. The van der Waals surface area contributed by atoms with Gasteiger partial charge in [-0.1, -0.05) is 5.16 Å². The van der Waals surface area contributed by atoms with Gasteiger partial charge in [0.15, 0.2) is 12.3 Å². The van der Waals surface area contributed by atoms with Gasteiger partial charge in [-0.25, -0.2) is 9.67 Å². The number of aromatic nitrogens is 4. The van der Waals surface area contributed by atoms with Crippen LogP contribution in [-0.4, -0.2) is 44.4 Å². The minimum absolute atomic E-state index is 0.0979. The summed E-state index contributed by atoms with van der Waals surface area (Å²) >= 11 is 0. The molecule has 0 radical (unpaired) electrons. The predicted molar refractivity (Wildman–Crippen MR) is 95.9 cm³/mol. The first-order valence-corrected chi connectivity index (χ1v) is 8.37. The maximum atomic E-state index is 12.4. The molecule has 1 amide bonds. The van der Waals surface area contributed by atoms with E-state index in [1.165, 1.54) is 0 Å². The van der Waals surface area contributed by atoms with Crippen molar-refractivity contribution in [2.45, 2.75) is 34.2 Å². The summed E-state index contributed by atoms with van der Waals surface area (Å²) in [7, 11) is 3.54. The SMILES string of the molecule is Cc1cc(C)c2c(OCC(=O)N(C)Cc3c(C)noc3C)nn(C)c2n1. The molecule has 0 aliphatic rings. The molecule has 0 saturated heterocycles. The quantitative estimate of drug-likeness (QED) is 0.696. The van der Waals surface area contributed by atoms with Crippen molar-refractivity contribution in [3.63, 3.8) is 0 Å². The molecule has 0 aliphatic heterocycles. The molecule has 0 unspecified atom stereocenters. The Morgan fingerprint density at radius 3 is 2.69 bits per heavy atom. The normalized spacial score (nSPS) is 11.2. The van der Waals surface area contributed by atoms with Crippen molar-refractivity contribution in [2.75, 3.05) is 13.7 Å². The molecule has 0 N–H and O–H groups in total. The molecule has 0 saturated carbocycles. The molecule has 8 nitrogen and oxygen atoms in total. The minimum Gasteiger partial charge on any atom is -0.466 e. The van der Waals surface area contributed by atoms with Crippen molar-refractivity contribution >= 4 is 16.9 Å². The lowest BCUT2D eigenvalue weighted by Gasteiger charge is -2.17. The molecule has 3 rings (SSSR count). The standard InChI is InChI=1S/C18H23N5O3/c1-10-7-11(2)19-17-16(10)18(20-23(17)6)25-9-15(24)22(5)8-14-12(3)21-26-13(14)4/h7H,8-9H2,1-6H3. The molecule has 3 aromatic rings. The summed E-state index contributed by atoms with van der Waals surface area (Å²) in [5.41, 5.74) is 4.39. The molecule has 3 aromatic heterocycles. The van der Waals surface area contributed by atoms with E-state index in [0.717, 1.165) is 39.3 Å². The maximum absolute atomic E-state index is 12.4. The Kier molecular flexibility index (Phi) is 4.67. The fraction of sp³-hybridized carbons (Fsp3) is 0.444. The van der Waals surface area contributed by atoms with E-state index in [2.05, 4.69) is 15.2 Å². The summed E-state index contributed by atoms with van der Waals surface area (Å²) in [6.45, 7) is 7.94. The lowest BCUT2D eigenvalue weighted by atomic mass is 10.2. The van der Waals surface area contributed by atoms with E-state index in [1.807, 2.05) is 40.8 Å². The third-order valence-electron chi connectivity index (χ3n) is 4.42. The molecule has 0 fully saturated rings. The van der Waals surface area contributed by atoms with Gasteiger partial charge in [-0.05, 0) is 39.3 Å². The van der Waals surface area contributed by atoms with Gasteiger partial charge < -0.3 is 14.2 Å². The zero-order valence-corrected chi connectivity index (χ0v) is 16.0. The minimum atomic E-state index is -0.151. The van der Waals surface area contributed by atoms with Gasteiger partial charge in [0.2, 0.25) is 5.88 Å². The van der Waals surface area contributed by atoms with Gasteiger partial charge in [0.25, 0.3) is 5.91 Å². The van der Waals surface area contributed by atoms with Crippen LogP contribution in [0.25, 0.3) is 11.0 Å². The highest BCUT2D eigenvalue weighted by Gasteiger charge is 2.19. The lowest BCUT2D eigenvalue weighted by molar-refractivity contribution is -0.132. The van der Waals surface area contributed by atoms with E-state index in [0.29, 0.717) is 12.4 Å². The van der Waals surface area contributed by atoms with Crippen molar-refractivity contribution in [2.24, 2.45) is 7.05 Å². The number of amides is 1. The number of carbonyl (C=O) groups is 1. The molecule has 0 aliphatic carbocycles. The van der Waals surface area contributed by atoms with Gasteiger partial charge in [0.05, 0.1) is 17.6 Å². The number of carbonyl (C=O) groups excluding carboxylic acids is 1. The van der Waals surface area contributed by atoms with Crippen LogP contribution in [0.1, 0.15) is 28.3 Å². The van der Waals surface area contributed by atoms with E-state index in [4.69, 9.17) is 9.26 Å². The molecule has 3 heterocycles. The number of aryl methyl sites for hydroxylation is 5. The van der Waals surface area contributed by atoms with Crippen molar-refractivity contribution in [3.8, 4) is 5.88 Å². The van der Waals surface area contributed by atoms with Crippen molar-refractivity contribution in [1.29, 1.82) is 0 Å².